The summed E-state index contributed by atoms with van der Waals surface area (Å²) in [6, 6.07) is 5.35. The maximum absolute atomic E-state index is 12.7. The zero-order valence-corrected chi connectivity index (χ0v) is 14.5. The van der Waals surface area contributed by atoms with Gasteiger partial charge in [0.2, 0.25) is 5.91 Å². The summed E-state index contributed by atoms with van der Waals surface area (Å²) < 4.78 is 7.04. The molecule has 1 heterocycles. The fraction of sp³-hybridized carbons (Fsp3) is 0.500. The molecule has 0 bridgehead atoms. The maximum atomic E-state index is 12.7. The van der Waals surface area contributed by atoms with Crippen LogP contribution < -0.4 is 10.5 Å². The number of aromatic nitrogens is 1. The van der Waals surface area contributed by atoms with E-state index in [1.165, 1.54) is 0 Å². The molecule has 0 spiro atoms. The minimum atomic E-state index is -0.459. The SMILES string of the molecule is CCCC(N)C(=O)n1cc(CCN(C)C)c2cc(OC)ccc21. The Balaban J connectivity index is 2.46. The Kier molecular flexibility index (Phi) is 5.80. The summed E-state index contributed by atoms with van der Waals surface area (Å²) >= 11 is 0. The van der Waals surface area contributed by atoms with Crippen molar-refractivity contribution in [2.45, 2.75) is 32.2 Å². The van der Waals surface area contributed by atoms with Crippen LogP contribution in [0, 0.1) is 0 Å². The number of carbonyl (C=O) groups excluding carboxylic acids is 1. The van der Waals surface area contributed by atoms with Gasteiger partial charge < -0.3 is 15.4 Å². The fourth-order valence-electron chi connectivity index (χ4n) is 2.74. The highest BCUT2D eigenvalue weighted by molar-refractivity contribution is 5.97. The van der Waals surface area contributed by atoms with Gasteiger partial charge in [0.15, 0.2) is 0 Å². The minimum absolute atomic E-state index is 0.0434. The molecule has 0 saturated carbocycles. The Morgan fingerprint density at radius 3 is 2.74 bits per heavy atom. The monoisotopic (exact) mass is 317 g/mol. The van der Waals surface area contributed by atoms with Gasteiger partial charge in [0.25, 0.3) is 0 Å². The molecule has 0 fully saturated rings. The lowest BCUT2D eigenvalue weighted by molar-refractivity contribution is 0.0880. The van der Waals surface area contributed by atoms with Gasteiger partial charge in [-0.25, -0.2) is 0 Å². The lowest BCUT2D eigenvalue weighted by Gasteiger charge is -2.11. The van der Waals surface area contributed by atoms with Gasteiger partial charge in [-0.2, -0.15) is 0 Å². The molecule has 5 heteroatoms. The molecule has 1 aromatic heterocycles. The Labute approximate surface area is 138 Å². The van der Waals surface area contributed by atoms with Crippen molar-refractivity contribution < 1.29 is 9.53 Å². The molecular weight excluding hydrogens is 290 g/mol. The molecule has 2 aromatic rings. The van der Waals surface area contributed by atoms with Crippen molar-refractivity contribution in [1.82, 2.24) is 9.47 Å². The average Bonchev–Trinajstić information content (AvgIpc) is 2.90. The fourth-order valence-corrected chi connectivity index (χ4v) is 2.74. The number of rotatable bonds is 7. The highest BCUT2D eigenvalue weighted by atomic mass is 16.5. The number of ether oxygens (including phenoxy) is 1. The molecule has 0 saturated heterocycles. The highest BCUT2D eigenvalue weighted by Crippen LogP contribution is 2.27. The van der Waals surface area contributed by atoms with Crippen LogP contribution in [-0.4, -0.2) is 49.2 Å². The smallest absolute Gasteiger partial charge is 0.247 e. The zero-order valence-electron chi connectivity index (χ0n) is 14.5. The molecule has 126 valence electrons. The van der Waals surface area contributed by atoms with Crippen molar-refractivity contribution in [3.63, 3.8) is 0 Å². The molecule has 0 aliphatic carbocycles. The number of hydrogen-bond donors (Lipinski definition) is 1. The van der Waals surface area contributed by atoms with Crippen LogP contribution in [-0.2, 0) is 6.42 Å². The number of nitrogens with two attached hydrogens (primary N) is 1. The van der Waals surface area contributed by atoms with E-state index in [-0.39, 0.29) is 5.91 Å². The molecule has 2 rings (SSSR count). The molecule has 1 aromatic carbocycles. The molecule has 5 nitrogen and oxygen atoms in total. The van der Waals surface area contributed by atoms with Crippen LogP contribution in [0.4, 0.5) is 0 Å². The van der Waals surface area contributed by atoms with Crippen molar-refractivity contribution in [3.8, 4) is 5.75 Å². The van der Waals surface area contributed by atoms with Gasteiger partial charge >= 0.3 is 0 Å². The van der Waals surface area contributed by atoms with Crippen LogP contribution in [0.1, 0.15) is 30.1 Å². The van der Waals surface area contributed by atoms with Crippen LogP contribution in [0.15, 0.2) is 24.4 Å². The number of methoxy groups -OCH3 is 1. The van der Waals surface area contributed by atoms with Crippen molar-refractivity contribution in [2.24, 2.45) is 5.73 Å². The molecular formula is C18H27N3O2. The number of nitrogens with zero attached hydrogens (tertiary/aromatic N) is 2. The van der Waals surface area contributed by atoms with Crippen LogP contribution in [0.25, 0.3) is 10.9 Å². The predicted molar refractivity (Wildman–Crippen MR) is 94.3 cm³/mol. The van der Waals surface area contributed by atoms with E-state index >= 15 is 0 Å². The number of carbonyl (C=O) groups is 1. The molecule has 0 radical (unpaired) electrons. The number of hydrogen-bond acceptors (Lipinski definition) is 4. The van der Waals surface area contributed by atoms with Gasteiger partial charge in [-0.3, -0.25) is 9.36 Å². The van der Waals surface area contributed by atoms with Gasteiger partial charge in [0.1, 0.15) is 5.75 Å². The first-order valence-electron chi connectivity index (χ1n) is 8.10. The summed E-state index contributed by atoms with van der Waals surface area (Å²) in [7, 11) is 5.74. The van der Waals surface area contributed by atoms with Crippen molar-refractivity contribution in [3.05, 3.63) is 30.0 Å². The average molecular weight is 317 g/mol. The van der Waals surface area contributed by atoms with Gasteiger partial charge in [0.05, 0.1) is 18.7 Å². The van der Waals surface area contributed by atoms with Crippen LogP contribution in [0.3, 0.4) is 0 Å². The lowest BCUT2D eigenvalue weighted by atomic mass is 10.1. The standard InChI is InChI=1S/C18H27N3O2/c1-5-6-16(19)18(22)21-12-13(9-10-20(2)3)15-11-14(23-4)7-8-17(15)21/h7-8,11-12,16H,5-6,9-10,19H2,1-4H3. The normalized spacial score (nSPS) is 12.8. The number of fused-ring (bicyclic) bond motifs is 1. The second-order valence-electron chi connectivity index (χ2n) is 6.19. The molecule has 1 unspecified atom stereocenters. The van der Waals surface area contributed by atoms with Gasteiger partial charge in [-0.1, -0.05) is 13.3 Å². The minimum Gasteiger partial charge on any atom is -0.497 e. The van der Waals surface area contributed by atoms with E-state index in [9.17, 15) is 4.79 Å². The first-order valence-corrected chi connectivity index (χ1v) is 8.10. The zero-order chi connectivity index (χ0) is 17.0. The number of likely N-dealkylation sites (N-methyl/N-ethyl adjacent to an activating group) is 1. The van der Waals surface area contributed by atoms with Crippen LogP contribution >= 0.6 is 0 Å². The second-order valence-corrected chi connectivity index (χ2v) is 6.19. The summed E-state index contributed by atoms with van der Waals surface area (Å²) in [5, 5.41) is 1.06. The summed E-state index contributed by atoms with van der Waals surface area (Å²) in [6.45, 7) is 2.96. The molecule has 0 amide bonds. The second kappa shape index (κ2) is 7.62. The summed E-state index contributed by atoms with van der Waals surface area (Å²) in [4.78, 5) is 14.8. The molecule has 0 aliphatic rings. The first kappa shape index (κ1) is 17.5. The summed E-state index contributed by atoms with van der Waals surface area (Å²) in [5.41, 5.74) is 8.08. The predicted octanol–water partition coefficient (Wildman–Crippen LogP) is 2.52. The highest BCUT2D eigenvalue weighted by Gasteiger charge is 2.19. The largest absolute Gasteiger partial charge is 0.497 e. The van der Waals surface area contributed by atoms with Crippen LogP contribution in [0.2, 0.25) is 0 Å². The van der Waals surface area contributed by atoms with Gasteiger partial charge in [-0.15, -0.1) is 0 Å². The van der Waals surface area contributed by atoms with E-state index < -0.39 is 6.04 Å². The molecule has 0 aliphatic heterocycles. The first-order chi connectivity index (χ1) is 11.0. The Bertz CT molecular complexity index is 676. The third-order valence-corrected chi connectivity index (χ3v) is 4.08. The quantitative estimate of drug-likeness (QED) is 0.852. The van der Waals surface area contributed by atoms with Crippen molar-refractivity contribution in [2.75, 3.05) is 27.7 Å². The Morgan fingerprint density at radius 1 is 1.39 bits per heavy atom. The van der Waals surface area contributed by atoms with Gasteiger partial charge in [-0.05, 0) is 50.7 Å². The topological polar surface area (TPSA) is 60.5 Å². The van der Waals surface area contributed by atoms with Crippen molar-refractivity contribution in [1.29, 1.82) is 0 Å². The molecule has 23 heavy (non-hydrogen) atoms. The Morgan fingerprint density at radius 2 is 2.13 bits per heavy atom. The van der Waals surface area contributed by atoms with E-state index in [2.05, 4.69) is 4.90 Å². The van der Waals surface area contributed by atoms with E-state index in [4.69, 9.17) is 10.5 Å². The van der Waals surface area contributed by atoms with E-state index in [1.807, 2.05) is 45.4 Å². The summed E-state index contributed by atoms with van der Waals surface area (Å²) in [6.07, 6.45) is 4.40. The number of benzene rings is 1. The van der Waals surface area contributed by atoms with Crippen molar-refractivity contribution >= 4 is 16.8 Å². The molecule has 2 N–H and O–H groups in total. The maximum Gasteiger partial charge on any atom is 0.247 e. The Hall–Kier alpha value is -1.85. The third kappa shape index (κ3) is 3.92. The van der Waals surface area contributed by atoms with E-state index in [0.717, 1.165) is 41.6 Å². The summed E-state index contributed by atoms with van der Waals surface area (Å²) in [5.74, 6) is 0.754. The van der Waals surface area contributed by atoms with E-state index in [1.54, 1.807) is 11.7 Å². The third-order valence-electron chi connectivity index (χ3n) is 4.08. The van der Waals surface area contributed by atoms with Gasteiger partial charge in [0, 0.05) is 18.1 Å². The van der Waals surface area contributed by atoms with Crippen LogP contribution in [0.5, 0.6) is 5.75 Å². The van der Waals surface area contributed by atoms with E-state index in [0.29, 0.717) is 6.42 Å². The molecule has 1 atom stereocenters. The lowest BCUT2D eigenvalue weighted by Crippen LogP contribution is -2.34.